The Morgan fingerprint density at radius 3 is 2.29 bits per heavy atom. The molecule has 0 fully saturated rings. The van der Waals surface area contributed by atoms with E-state index in [2.05, 4.69) is 27.8 Å². The number of carboxylic acids is 1. The lowest BCUT2D eigenvalue weighted by Crippen LogP contribution is -2.51. The van der Waals surface area contributed by atoms with Gasteiger partial charge in [0.1, 0.15) is 17.7 Å². The monoisotopic (exact) mass is 494 g/mol. The van der Waals surface area contributed by atoms with Gasteiger partial charge in [-0.05, 0) is 36.3 Å². The Labute approximate surface area is 206 Å². The first-order valence-corrected chi connectivity index (χ1v) is 11.9. The van der Waals surface area contributed by atoms with Crippen LogP contribution in [0.3, 0.4) is 0 Å². The summed E-state index contributed by atoms with van der Waals surface area (Å²) in [7, 11) is 3.58. The number of fused-ring (bicyclic) bond motifs is 3. The third-order valence-corrected chi connectivity index (χ3v) is 6.53. The van der Waals surface area contributed by atoms with E-state index in [9.17, 15) is 14.4 Å². The molecule has 35 heavy (non-hydrogen) atoms. The molecule has 9 nitrogen and oxygen atoms in total. The third kappa shape index (κ3) is 5.67. The summed E-state index contributed by atoms with van der Waals surface area (Å²) < 4.78 is 5.57. The molecular formula is C25H26N4O5S. The van der Waals surface area contributed by atoms with Gasteiger partial charge in [-0.2, -0.15) is 0 Å². The molecule has 1 aromatic heterocycles. The normalized spacial score (nSPS) is 13.1. The van der Waals surface area contributed by atoms with Crippen LogP contribution < -0.4 is 10.6 Å². The highest BCUT2D eigenvalue weighted by Gasteiger charge is 2.30. The molecule has 1 atom stereocenters. The number of thiazole rings is 1. The van der Waals surface area contributed by atoms with Crippen LogP contribution in [-0.2, 0) is 16.1 Å². The first kappa shape index (κ1) is 24.4. The number of hydrogen-bond acceptors (Lipinski definition) is 7. The highest BCUT2D eigenvalue weighted by molar-refractivity contribution is 7.09. The molecular weight excluding hydrogens is 468 g/mol. The number of hydrogen-bond donors (Lipinski definition) is 3. The Balaban J connectivity index is 1.37. The Kier molecular flexibility index (Phi) is 7.42. The van der Waals surface area contributed by atoms with Crippen LogP contribution in [0.15, 0.2) is 53.9 Å². The molecule has 10 heteroatoms. The predicted molar refractivity (Wildman–Crippen MR) is 131 cm³/mol. The van der Waals surface area contributed by atoms with E-state index in [1.165, 1.54) is 5.38 Å². The van der Waals surface area contributed by atoms with Gasteiger partial charge in [-0.1, -0.05) is 48.5 Å². The number of amides is 2. The van der Waals surface area contributed by atoms with Crippen molar-refractivity contribution < 1.29 is 24.2 Å². The molecule has 1 aliphatic carbocycles. The summed E-state index contributed by atoms with van der Waals surface area (Å²) in [6.45, 7) is 0.467. The van der Waals surface area contributed by atoms with Crippen molar-refractivity contribution in [2.75, 3.05) is 27.2 Å². The van der Waals surface area contributed by atoms with Crippen LogP contribution in [0.2, 0.25) is 0 Å². The van der Waals surface area contributed by atoms with Crippen molar-refractivity contribution >= 4 is 29.3 Å². The summed E-state index contributed by atoms with van der Waals surface area (Å²) in [6.07, 6.45) is -0.684. The average molecular weight is 495 g/mol. The number of carbonyl (C=O) groups excluding carboxylic acids is 2. The van der Waals surface area contributed by atoms with Crippen molar-refractivity contribution in [1.82, 2.24) is 20.5 Å². The lowest BCUT2D eigenvalue weighted by molar-refractivity contribution is -0.123. The second-order valence-electron chi connectivity index (χ2n) is 8.43. The number of nitrogens with one attached hydrogen (secondary N) is 2. The van der Waals surface area contributed by atoms with E-state index in [0.29, 0.717) is 5.01 Å². The molecule has 0 aliphatic heterocycles. The summed E-state index contributed by atoms with van der Waals surface area (Å²) in [5.41, 5.74) is 4.41. The molecule has 1 aliphatic rings. The van der Waals surface area contributed by atoms with E-state index in [4.69, 9.17) is 9.84 Å². The van der Waals surface area contributed by atoms with E-state index in [1.807, 2.05) is 36.4 Å². The number of alkyl carbamates (subject to hydrolysis) is 1. The molecule has 0 saturated heterocycles. The van der Waals surface area contributed by atoms with Crippen molar-refractivity contribution in [1.29, 1.82) is 0 Å². The van der Waals surface area contributed by atoms with Gasteiger partial charge in [0.15, 0.2) is 5.69 Å². The van der Waals surface area contributed by atoms with Crippen LogP contribution >= 0.6 is 11.3 Å². The fraction of sp³-hybridized carbons (Fsp3) is 0.280. The topological polar surface area (TPSA) is 121 Å². The van der Waals surface area contributed by atoms with Crippen molar-refractivity contribution in [3.63, 3.8) is 0 Å². The zero-order chi connectivity index (χ0) is 24.9. The van der Waals surface area contributed by atoms with Gasteiger partial charge in [0.05, 0.1) is 6.54 Å². The highest BCUT2D eigenvalue weighted by Crippen LogP contribution is 2.44. The summed E-state index contributed by atoms with van der Waals surface area (Å²) in [6, 6.07) is 15.3. The molecule has 0 radical (unpaired) electrons. The van der Waals surface area contributed by atoms with Crippen molar-refractivity contribution in [2.24, 2.45) is 0 Å². The zero-order valence-corrected chi connectivity index (χ0v) is 20.2. The first-order chi connectivity index (χ1) is 16.8. The van der Waals surface area contributed by atoms with Crippen LogP contribution in [0.1, 0.15) is 32.5 Å². The summed E-state index contributed by atoms with van der Waals surface area (Å²) in [5.74, 6) is -1.62. The van der Waals surface area contributed by atoms with Crippen molar-refractivity contribution in [3.8, 4) is 11.1 Å². The van der Waals surface area contributed by atoms with Crippen LogP contribution in [0.4, 0.5) is 4.79 Å². The van der Waals surface area contributed by atoms with Crippen molar-refractivity contribution in [2.45, 2.75) is 18.5 Å². The molecule has 0 spiro atoms. The quantitative estimate of drug-likeness (QED) is 0.418. The van der Waals surface area contributed by atoms with E-state index in [1.54, 1.807) is 19.0 Å². The molecule has 0 bridgehead atoms. The van der Waals surface area contributed by atoms with Crippen LogP contribution in [0, 0.1) is 0 Å². The molecule has 182 valence electrons. The molecule has 2 amide bonds. The number of ether oxygens (including phenoxy) is 1. The van der Waals surface area contributed by atoms with Gasteiger partial charge >= 0.3 is 12.1 Å². The van der Waals surface area contributed by atoms with Crippen LogP contribution in [0.5, 0.6) is 0 Å². The van der Waals surface area contributed by atoms with Crippen LogP contribution in [-0.4, -0.2) is 66.2 Å². The predicted octanol–water partition coefficient (Wildman–Crippen LogP) is 2.93. The number of aromatic carboxylic acids is 1. The maximum Gasteiger partial charge on any atom is 0.407 e. The minimum absolute atomic E-state index is 0.0626. The lowest BCUT2D eigenvalue weighted by atomic mass is 9.98. The molecule has 4 rings (SSSR count). The summed E-state index contributed by atoms with van der Waals surface area (Å²) in [4.78, 5) is 42.2. The molecule has 0 saturated carbocycles. The van der Waals surface area contributed by atoms with Crippen molar-refractivity contribution in [3.05, 3.63) is 75.7 Å². The van der Waals surface area contributed by atoms with Gasteiger partial charge in [-0.3, -0.25) is 4.79 Å². The number of rotatable bonds is 9. The zero-order valence-electron chi connectivity index (χ0n) is 19.4. The maximum absolute atomic E-state index is 12.8. The van der Waals surface area contributed by atoms with Gasteiger partial charge in [0, 0.05) is 17.8 Å². The second-order valence-corrected chi connectivity index (χ2v) is 9.38. The Hall–Kier alpha value is -3.76. The number of carbonyl (C=O) groups is 3. The standard InChI is InChI=1S/C25H26N4O5S/c1-29(2)12-20(23(30)26-11-22-27-21(14-35-22)24(31)32)28-25(33)34-13-19-17-9-5-3-7-15(17)16-8-4-6-10-18(16)19/h3-10,14,19-20H,11-13H2,1-2H3,(H,26,30)(H,28,33)(H,31,32)/t20-/m0/s1. The van der Waals surface area contributed by atoms with Crippen LogP contribution in [0.25, 0.3) is 11.1 Å². The molecule has 3 N–H and O–H groups in total. The second kappa shape index (κ2) is 10.7. The molecule has 1 heterocycles. The fourth-order valence-corrected chi connectivity index (χ4v) is 4.83. The van der Waals surface area contributed by atoms with Gasteiger partial charge in [0.25, 0.3) is 0 Å². The number of aromatic nitrogens is 1. The number of nitrogens with zero attached hydrogens (tertiary/aromatic N) is 2. The largest absolute Gasteiger partial charge is 0.476 e. The van der Waals surface area contributed by atoms with E-state index < -0.39 is 24.0 Å². The lowest BCUT2D eigenvalue weighted by Gasteiger charge is -2.22. The van der Waals surface area contributed by atoms with E-state index in [0.717, 1.165) is 33.6 Å². The molecule has 3 aromatic rings. The van der Waals surface area contributed by atoms with E-state index >= 15 is 0 Å². The first-order valence-electron chi connectivity index (χ1n) is 11.0. The van der Waals surface area contributed by atoms with E-state index in [-0.39, 0.29) is 31.3 Å². The maximum atomic E-state index is 12.8. The van der Waals surface area contributed by atoms with Gasteiger partial charge in [-0.25, -0.2) is 14.6 Å². The minimum atomic E-state index is -1.12. The van der Waals surface area contributed by atoms with Gasteiger partial charge in [-0.15, -0.1) is 11.3 Å². The SMILES string of the molecule is CN(C)C[C@H](NC(=O)OCC1c2ccccc2-c2ccccc21)C(=O)NCc1nc(C(=O)O)cs1. The molecule has 2 aromatic carbocycles. The smallest absolute Gasteiger partial charge is 0.407 e. The number of carboxylic acid groups (broad SMARTS) is 1. The molecule has 0 unspecified atom stereocenters. The number of likely N-dealkylation sites (N-methyl/N-ethyl adjacent to an activating group) is 1. The third-order valence-electron chi connectivity index (χ3n) is 5.68. The highest BCUT2D eigenvalue weighted by atomic mass is 32.1. The Morgan fingerprint density at radius 1 is 1.09 bits per heavy atom. The fourth-order valence-electron chi connectivity index (χ4n) is 4.12. The number of benzene rings is 2. The van der Waals surface area contributed by atoms with Gasteiger partial charge < -0.3 is 25.4 Å². The Morgan fingerprint density at radius 2 is 1.71 bits per heavy atom. The minimum Gasteiger partial charge on any atom is -0.476 e. The Bertz CT molecular complexity index is 1200. The van der Waals surface area contributed by atoms with Gasteiger partial charge in [0.2, 0.25) is 5.91 Å². The average Bonchev–Trinajstić information content (AvgIpc) is 3.44. The summed E-state index contributed by atoms with van der Waals surface area (Å²) >= 11 is 1.14. The summed E-state index contributed by atoms with van der Waals surface area (Å²) in [5, 5.41) is 16.2.